The fraction of sp³-hybridized carbons (Fsp3) is 0.286. The second kappa shape index (κ2) is 4.29. The lowest BCUT2D eigenvalue weighted by atomic mass is 9.84. The summed E-state index contributed by atoms with van der Waals surface area (Å²) < 4.78 is 0. The van der Waals surface area contributed by atoms with Gasteiger partial charge in [0.15, 0.2) is 0 Å². The molecule has 0 amide bonds. The Morgan fingerprint density at radius 1 is 1.22 bits per heavy atom. The smallest absolute Gasteiger partial charge is 0.255 e. The number of nitrogens with zero attached hydrogens (tertiary/aromatic N) is 1. The van der Waals surface area contributed by atoms with Gasteiger partial charge in [-0.05, 0) is 26.3 Å². The zero-order chi connectivity index (χ0) is 13.3. The summed E-state index contributed by atoms with van der Waals surface area (Å²) in [4.78, 5) is 18.9. The van der Waals surface area contributed by atoms with Crippen molar-refractivity contribution in [3.63, 3.8) is 0 Å². The third-order valence-electron chi connectivity index (χ3n) is 3.28. The summed E-state index contributed by atoms with van der Waals surface area (Å²) in [6.45, 7) is 5.69. The van der Waals surface area contributed by atoms with Gasteiger partial charge in [0.1, 0.15) is 11.6 Å². The lowest BCUT2D eigenvalue weighted by Gasteiger charge is -2.24. The van der Waals surface area contributed by atoms with Gasteiger partial charge in [-0.25, -0.2) is 4.98 Å². The van der Waals surface area contributed by atoms with Crippen molar-refractivity contribution < 1.29 is 0 Å². The van der Waals surface area contributed by atoms with E-state index in [1.165, 1.54) is 0 Å². The summed E-state index contributed by atoms with van der Waals surface area (Å²) in [5.41, 5.74) is 6.74. The zero-order valence-electron chi connectivity index (χ0n) is 10.8. The van der Waals surface area contributed by atoms with Crippen LogP contribution in [0, 0.1) is 6.92 Å². The van der Waals surface area contributed by atoms with Crippen LogP contribution in [0.15, 0.2) is 35.1 Å². The fourth-order valence-corrected chi connectivity index (χ4v) is 1.84. The van der Waals surface area contributed by atoms with Crippen LogP contribution in [0.2, 0.25) is 0 Å². The Morgan fingerprint density at radius 3 is 2.39 bits per heavy atom. The van der Waals surface area contributed by atoms with E-state index in [9.17, 15) is 4.79 Å². The molecule has 0 aliphatic rings. The van der Waals surface area contributed by atoms with Crippen molar-refractivity contribution in [1.29, 1.82) is 0 Å². The Bertz CT molecular complexity index is 615. The van der Waals surface area contributed by atoms with Crippen molar-refractivity contribution in [2.45, 2.75) is 26.2 Å². The van der Waals surface area contributed by atoms with Crippen LogP contribution < -0.4 is 11.3 Å². The Hall–Kier alpha value is -2.10. The first kappa shape index (κ1) is 12.4. The van der Waals surface area contributed by atoms with E-state index in [4.69, 9.17) is 5.73 Å². The summed E-state index contributed by atoms with van der Waals surface area (Å²) in [6, 6.07) is 9.91. The maximum absolute atomic E-state index is 11.8. The third-order valence-corrected chi connectivity index (χ3v) is 3.28. The molecule has 0 saturated carbocycles. The number of hydrogen-bond acceptors (Lipinski definition) is 3. The normalized spacial score (nSPS) is 11.5. The van der Waals surface area contributed by atoms with Crippen molar-refractivity contribution in [3.8, 4) is 0 Å². The molecule has 3 N–H and O–H groups in total. The topological polar surface area (TPSA) is 71.8 Å². The highest BCUT2D eigenvalue weighted by atomic mass is 16.1. The SMILES string of the molecule is Cc1c(N)nc(C(C)(C)c2ccccc2)[nH]c1=O. The summed E-state index contributed by atoms with van der Waals surface area (Å²) in [7, 11) is 0. The van der Waals surface area contributed by atoms with Gasteiger partial charge in [0, 0.05) is 5.41 Å². The molecule has 2 rings (SSSR count). The Morgan fingerprint density at radius 2 is 1.83 bits per heavy atom. The van der Waals surface area contributed by atoms with Gasteiger partial charge in [0.25, 0.3) is 5.56 Å². The van der Waals surface area contributed by atoms with Gasteiger partial charge in [-0.3, -0.25) is 4.79 Å². The molecule has 0 spiro atoms. The molecule has 4 nitrogen and oxygen atoms in total. The van der Waals surface area contributed by atoms with Gasteiger partial charge >= 0.3 is 0 Å². The highest BCUT2D eigenvalue weighted by Gasteiger charge is 2.26. The highest BCUT2D eigenvalue weighted by Crippen LogP contribution is 2.28. The van der Waals surface area contributed by atoms with E-state index in [-0.39, 0.29) is 16.8 Å². The monoisotopic (exact) mass is 243 g/mol. The molecule has 0 fully saturated rings. The molecule has 94 valence electrons. The molecule has 4 heteroatoms. The molecule has 0 aliphatic heterocycles. The molecule has 0 bridgehead atoms. The van der Waals surface area contributed by atoms with Crippen molar-refractivity contribution in [2.75, 3.05) is 5.73 Å². The van der Waals surface area contributed by atoms with Crippen molar-refractivity contribution in [1.82, 2.24) is 9.97 Å². The Balaban J connectivity index is 2.58. The van der Waals surface area contributed by atoms with Crippen LogP contribution >= 0.6 is 0 Å². The van der Waals surface area contributed by atoms with E-state index < -0.39 is 0 Å². The number of nitrogen functional groups attached to an aromatic ring is 1. The number of rotatable bonds is 2. The number of aromatic amines is 1. The number of aromatic nitrogens is 2. The van der Waals surface area contributed by atoms with Crippen LogP contribution in [-0.4, -0.2) is 9.97 Å². The molecule has 0 aliphatic carbocycles. The Labute approximate surface area is 106 Å². The summed E-state index contributed by atoms with van der Waals surface area (Å²) in [5, 5.41) is 0. The first-order valence-electron chi connectivity index (χ1n) is 5.85. The molecule has 0 radical (unpaired) electrons. The van der Waals surface area contributed by atoms with E-state index >= 15 is 0 Å². The molecule has 0 saturated heterocycles. The fourth-order valence-electron chi connectivity index (χ4n) is 1.84. The number of H-pyrrole nitrogens is 1. The molecule has 2 aromatic rings. The zero-order valence-corrected chi connectivity index (χ0v) is 10.8. The predicted octanol–water partition coefficient (Wildman–Crippen LogP) is 1.99. The minimum Gasteiger partial charge on any atom is -0.383 e. The number of benzene rings is 1. The quantitative estimate of drug-likeness (QED) is 0.847. The second-order valence-electron chi connectivity index (χ2n) is 4.92. The molecule has 0 atom stereocenters. The maximum Gasteiger partial charge on any atom is 0.255 e. The van der Waals surface area contributed by atoms with Crippen molar-refractivity contribution >= 4 is 5.82 Å². The molecule has 1 heterocycles. The first-order chi connectivity index (χ1) is 8.43. The molecule has 18 heavy (non-hydrogen) atoms. The molecule has 1 aromatic carbocycles. The Kier molecular flexibility index (Phi) is 2.95. The van der Waals surface area contributed by atoms with Crippen molar-refractivity contribution in [3.05, 3.63) is 57.6 Å². The molecular weight excluding hydrogens is 226 g/mol. The third kappa shape index (κ3) is 2.01. The van der Waals surface area contributed by atoms with Crippen LogP contribution in [-0.2, 0) is 5.41 Å². The van der Waals surface area contributed by atoms with Crippen LogP contribution in [0.1, 0.15) is 30.8 Å². The number of nitrogens with two attached hydrogens (primary N) is 1. The van der Waals surface area contributed by atoms with E-state index in [0.29, 0.717) is 11.4 Å². The summed E-state index contributed by atoms with van der Waals surface area (Å²) in [5.74, 6) is 0.875. The van der Waals surface area contributed by atoms with Gasteiger partial charge in [-0.2, -0.15) is 0 Å². The molecular formula is C14H17N3O. The standard InChI is InChI=1S/C14H17N3O/c1-9-11(15)16-13(17-12(9)18)14(2,3)10-7-5-4-6-8-10/h4-8H,1-3H3,(H3,15,16,17,18). The lowest BCUT2D eigenvalue weighted by molar-refractivity contribution is 0.587. The van der Waals surface area contributed by atoms with Gasteiger partial charge in [-0.15, -0.1) is 0 Å². The first-order valence-corrected chi connectivity index (χ1v) is 5.85. The average molecular weight is 243 g/mol. The maximum atomic E-state index is 11.8. The molecule has 0 unspecified atom stereocenters. The lowest BCUT2D eigenvalue weighted by Crippen LogP contribution is -2.28. The minimum atomic E-state index is -0.387. The van der Waals surface area contributed by atoms with E-state index in [0.717, 1.165) is 5.56 Å². The van der Waals surface area contributed by atoms with Gasteiger partial charge in [0.05, 0.1) is 5.56 Å². The van der Waals surface area contributed by atoms with Crippen LogP contribution in [0.4, 0.5) is 5.82 Å². The van der Waals surface area contributed by atoms with Crippen LogP contribution in [0.25, 0.3) is 0 Å². The summed E-state index contributed by atoms with van der Waals surface area (Å²) in [6.07, 6.45) is 0. The summed E-state index contributed by atoms with van der Waals surface area (Å²) >= 11 is 0. The largest absolute Gasteiger partial charge is 0.383 e. The number of nitrogens with one attached hydrogen (secondary N) is 1. The predicted molar refractivity (Wildman–Crippen MR) is 72.6 cm³/mol. The van der Waals surface area contributed by atoms with Crippen molar-refractivity contribution in [2.24, 2.45) is 0 Å². The van der Waals surface area contributed by atoms with E-state index in [1.807, 2.05) is 44.2 Å². The molecule has 1 aromatic heterocycles. The number of hydrogen-bond donors (Lipinski definition) is 2. The van der Waals surface area contributed by atoms with Gasteiger partial charge in [-0.1, -0.05) is 30.3 Å². The van der Waals surface area contributed by atoms with E-state index in [2.05, 4.69) is 9.97 Å². The second-order valence-corrected chi connectivity index (χ2v) is 4.92. The van der Waals surface area contributed by atoms with Gasteiger partial charge < -0.3 is 10.7 Å². The van der Waals surface area contributed by atoms with E-state index in [1.54, 1.807) is 6.92 Å². The average Bonchev–Trinajstić information content (AvgIpc) is 2.36. The minimum absolute atomic E-state index is 0.179. The van der Waals surface area contributed by atoms with Gasteiger partial charge in [0.2, 0.25) is 0 Å². The van der Waals surface area contributed by atoms with Crippen LogP contribution in [0.5, 0.6) is 0 Å². The number of anilines is 1. The highest BCUT2D eigenvalue weighted by molar-refractivity contribution is 5.39. The van der Waals surface area contributed by atoms with Crippen LogP contribution in [0.3, 0.4) is 0 Å².